The van der Waals surface area contributed by atoms with Gasteiger partial charge >= 0.3 is 5.97 Å². The van der Waals surface area contributed by atoms with E-state index in [0.717, 1.165) is 0 Å². The number of aromatic carboxylic acids is 1. The molecule has 0 aromatic heterocycles. The Labute approximate surface area is 90.1 Å². The molecule has 82 valence electrons. The Morgan fingerprint density at radius 2 is 2.13 bits per heavy atom. The number of hydrogen-bond donors (Lipinski definition) is 2. The third-order valence-electron chi connectivity index (χ3n) is 1.51. The predicted octanol–water partition coefficient (Wildman–Crippen LogP) is 2.32. The second kappa shape index (κ2) is 4.97. The van der Waals surface area contributed by atoms with Gasteiger partial charge in [0.05, 0.1) is 5.56 Å². The van der Waals surface area contributed by atoms with Gasteiger partial charge in [0.25, 0.3) is 6.43 Å². The summed E-state index contributed by atoms with van der Waals surface area (Å²) in [4.78, 5) is 11.0. The number of rotatable bonds is 4. The van der Waals surface area contributed by atoms with Crippen LogP contribution in [0.1, 0.15) is 10.4 Å². The molecule has 0 atom stereocenters. The molecule has 3 nitrogen and oxygen atoms in total. The molecule has 0 fully saturated rings. The summed E-state index contributed by atoms with van der Waals surface area (Å²) >= 11 is 3.93. The second-order valence-electron chi connectivity index (χ2n) is 2.72. The van der Waals surface area contributed by atoms with E-state index in [2.05, 4.69) is 17.4 Å². The lowest BCUT2D eigenvalue weighted by Gasteiger charge is -2.06. The second-order valence-corrected chi connectivity index (χ2v) is 3.24. The third-order valence-corrected chi connectivity index (χ3v) is 1.77. The number of carboxylic acid groups (broad SMARTS) is 1. The predicted molar refractivity (Wildman–Crippen MR) is 52.2 cm³/mol. The van der Waals surface area contributed by atoms with Gasteiger partial charge in [-0.25, -0.2) is 13.6 Å². The fourth-order valence-corrected chi connectivity index (χ4v) is 1.22. The summed E-state index contributed by atoms with van der Waals surface area (Å²) in [5, 5.41) is 8.67. The molecule has 1 rings (SSSR count). The number of alkyl halides is 2. The molecule has 0 heterocycles. The van der Waals surface area contributed by atoms with Crippen LogP contribution in [0, 0.1) is 0 Å². The zero-order valence-electron chi connectivity index (χ0n) is 7.48. The quantitative estimate of drug-likeness (QED) is 0.786. The van der Waals surface area contributed by atoms with E-state index in [0.29, 0.717) is 4.90 Å². The Balaban J connectivity index is 2.84. The van der Waals surface area contributed by atoms with Gasteiger partial charge in [0.15, 0.2) is 0 Å². The van der Waals surface area contributed by atoms with Gasteiger partial charge in [-0.2, -0.15) is 0 Å². The summed E-state index contributed by atoms with van der Waals surface area (Å²) in [5.74, 6) is -1.09. The van der Waals surface area contributed by atoms with Gasteiger partial charge in [-0.05, 0) is 18.2 Å². The zero-order chi connectivity index (χ0) is 11.4. The van der Waals surface area contributed by atoms with E-state index in [4.69, 9.17) is 5.11 Å². The molecule has 0 aliphatic rings. The Kier molecular flexibility index (Phi) is 3.90. The molecule has 15 heavy (non-hydrogen) atoms. The number of halogens is 2. The fourth-order valence-electron chi connectivity index (χ4n) is 0.949. The van der Waals surface area contributed by atoms with Crippen molar-refractivity contribution in [2.75, 3.05) is 6.61 Å². The van der Waals surface area contributed by atoms with Crippen molar-refractivity contribution >= 4 is 18.6 Å². The largest absolute Gasteiger partial charge is 0.488 e. The highest BCUT2D eigenvalue weighted by Gasteiger charge is 2.08. The molecule has 0 radical (unpaired) electrons. The maximum Gasteiger partial charge on any atom is 0.335 e. The summed E-state index contributed by atoms with van der Waals surface area (Å²) in [5.41, 5.74) is -0.0493. The van der Waals surface area contributed by atoms with Crippen LogP contribution in [-0.4, -0.2) is 24.1 Å². The molecule has 1 N–H and O–H groups in total. The molecular formula is C9H8F2O3S. The number of ether oxygens (including phenoxy) is 1. The molecule has 1 aromatic carbocycles. The van der Waals surface area contributed by atoms with E-state index in [1.807, 2.05) is 0 Å². The third kappa shape index (κ3) is 3.75. The normalized spacial score (nSPS) is 10.4. The minimum atomic E-state index is -2.60. The van der Waals surface area contributed by atoms with Crippen molar-refractivity contribution < 1.29 is 23.4 Å². The van der Waals surface area contributed by atoms with Gasteiger partial charge in [0, 0.05) is 4.90 Å². The summed E-state index contributed by atoms with van der Waals surface area (Å²) in [6.07, 6.45) is -2.60. The molecule has 1 aromatic rings. The summed E-state index contributed by atoms with van der Waals surface area (Å²) in [6.45, 7) is -0.768. The van der Waals surface area contributed by atoms with Crippen LogP contribution in [0.5, 0.6) is 5.75 Å². The lowest BCUT2D eigenvalue weighted by molar-refractivity contribution is 0.0694. The topological polar surface area (TPSA) is 46.5 Å². The lowest BCUT2D eigenvalue weighted by Crippen LogP contribution is -2.07. The number of carbonyl (C=O) groups is 1. The Morgan fingerprint density at radius 1 is 1.47 bits per heavy atom. The number of carboxylic acids is 1. The summed E-state index contributed by atoms with van der Waals surface area (Å²) in [7, 11) is 0. The lowest BCUT2D eigenvalue weighted by atomic mass is 10.2. The first kappa shape index (κ1) is 11.8. The first-order valence-corrected chi connectivity index (χ1v) is 4.42. The van der Waals surface area contributed by atoms with Crippen LogP contribution in [0.4, 0.5) is 8.78 Å². The van der Waals surface area contributed by atoms with Gasteiger partial charge < -0.3 is 9.84 Å². The van der Waals surface area contributed by atoms with Crippen LogP contribution in [-0.2, 0) is 0 Å². The molecule has 0 unspecified atom stereocenters. The van der Waals surface area contributed by atoms with Crippen molar-refractivity contribution in [3.63, 3.8) is 0 Å². The van der Waals surface area contributed by atoms with Crippen molar-refractivity contribution in [2.24, 2.45) is 0 Å². The van der Waals surface area contributed by atoms with E-state index in [1.165, 1.54) is 18.2 Å². The van der Waals surface area contributed by atoms with Crippen LogP contribution in [0.3, 0.4) is 0 Å². The van der Waals surface area contributed by atoms with E-state index in [9.17, 15) is 13.6 Å². The van der Waals surface area contributed by atoms with Crippen molar-refractivity contribution in [3.8, 4) is 5.75 Å². The smallest absolute Gasteiger partial charge is 0.335 e. The Bertz CT molecular complexity index is 368. The van der Waals surface area contributed by atoms with Gasteiger partial charge in [-0.3, -0.25) is 0 Å². The average molecular weight is 234 g/mol. The molecule has 0 bridgehead atoms. The molecule has 0 amide bonds. The van der Waals surface area contributed by atoms with Crippen LogP contribution < -0.4 is 4.74 Å². The SMILES string of the molecule is O=C(O)c1cc(S)cc(OCC(F)F)c1. The van der Waals surface area contributed by atoms with Gasteiger partial charge in [-0.15, -0.1) is 12.6 Å². The van der Waals surface area contributed by atoms with Gasteiger partial charge in [-0.1, -0.05) is 0 Å². The molecule has 0 spiro atoms. The first-order valence-electron chi connectivity index (χ1n) is 3.97. The van der Waals surface area contributed by atoms with E-state index in [1.54, 1.807) is 0 Å². The monoisotopic (exact) mass is 234 g/mol. The first-order chi connectivity index (χ1) is 6.99. The molecule has 0 aliphatic heterocycles. The van der Waals surface area contributed by atoms with Crippen LogP contribution in [0.25, 0.3) is 0 Å². The van der Waals surface area contributed by atoms with Crippen LogP contribution >= 0.6 is 12.6 Å². The maximum atomic E-state index is 11.8. The highest BCUT2D eigenvalue weighted by Crippen LogP contribution is 2.20. The minimum absolute atomic E-state index is 0.0493. The van der Waals surface area contributed by atoms with Crippen molar-refractivity contribution in [3.05, 3.63) is 23.8 Å². The standard InChI is InChI=1S/C9H8F2O3S/c10-8(11)4-14-6-1-5(9(12)13)2-7(15)3-6/h1-3,8,15H,4H2,(H,12,13). The van der Waals surface area contributed by atoms with Crippen molar-refractivity contribution in [2.45, 2.75) is 11.3 Å². The molecule has 6 heteroatoms. The zero-order valence-corrected chi connectivity index (χ0v) is 8.38. The highest BCUT2D eigenvalue weighted by molar-refractivity contribution is 7.80. The van der Waals surface area contributed by atoms with E-state index in [-0.39, 0.29) is 11.3 Å². The summed E-state index contributed by atoms with van der Waals surface area (Å²) in [6, 6.07) is 3.85. The van der Waals surface area contributed by atoms with E-state index < -0.39 is 19.0 Å². The fraction of sp³-hybridized carbons (Fsp3) is 0.222. The number of thiol groups is 1. The number of hydrogen-bond acceptors (Lipinski definition) is 3. The van der Waals surface area contributed by atoms with Crippen molar-refractivity contribution in [1.29, 1.82) is 0 Å². The highest BCUT2D eigenvalue weighted by atomic mass is 32.1. The van der Waals surface area contributed by atoms with E-state index >= 15 is 0 Å². The Morgan fingerprint density at radius 3 is 2.67 bits per heavy atom. The average Bonchev–Trinajstić information content (AvgIpc) is 2.13. The van der Waals surface area contributed by atoms with Crippen LogP contribution in [0.2, 0.25) is 0 Å². The van der Waals surface area contributed by atoms with Crippen LogP contribution in [0.15, 0.2) is 23.1 Å². The maximum absolute atomic E-state index is 11.8. The molecule has 0 saturated carbocycles. The molecule has 0 saturated heterocycles. The van der Waals surface area contributed by atoms with Gasteiger partial charge in [0.1, 0.15) is 12.4 Å². The molecule has 0 aliphatic carbocycles. The number of benzene rings is 1. The Hall–Kier alpha value is -1.30. The molecular weight excluding hydrogens is 226 g/mol. The van der Waals surface area contributed by atoms with Crippen molar-refractivity contribution in [1.82, 2.24) is 0 Å². The summed E-state index contributed by atoms with van der Waals surface area (Å²) < 4.78 is 28.3. The minimum Gasteiger partial charge on any atom is -0.488 e. The van der Waals surface area contributed by atoms with Gasteiger partial charge in [0.2, 0.25) is 0 Å².